The number of hydrogen-bond acceptors (Lipinski definition) is 0. The van der Waals surface area contributed by atoms with Crippen molar-refractivity contribution in [1.82, 2.24) is 4.98 Å². The molecule has 1 N–H and O–H groups in total. The van der Waals surface area contributed by atoms with Gasteiger partial charge in [-0.3, -0.25) is 0 Å². The molecule has 11 aromatic rings. The molecular weight excluding hydrogens is 639 g/mol. The van der Waals surface area contributed by atoms with Crippen molar-refractivity contribution in [3.05, 3.63) is 175 Å². The number of fused-ring (bicyclic) bond motifs is 15. The van der Waals surface area contributed by atoms with Gasteiger partial charge in [0.05, 0.1) is 5.52 Å². The third-order valence-electron chi connectivity index (χ3n) is 12.0. The Balaban J connectivity index is 1.19. The molecular formula is C52H33N. The molecule has 0 saturated carbocycles. The van der Waals surface area contributed by atoms with Crippen LogP contribution in [0.5, 0.6) is 0 Å². The average molecular weight is 672 g/mol. The maximum atomic E-state index is 3.85. The fourth-order valence-electron chi connectivity index (χ4n) is 9.78. The minimum Gasteiger partial charge on any atom is -0.354 e. The third kappa shape index (κ3) is 4.02. The van der Waals surface area contributed by atoms with Crippen LogP contribution in [0.3, 0.4) is 0 Å². The van der Waals surface area contributed by atoms with Gasteiger partial charge < -0.3 is 4.98 Å². The summed E-state index contributed by atoms with van der Waals surface area (Å²) in [6.45, 7) is 0. The normalized spacial score (nSPS) is 13.1. The second-order valence-electron chi connectivity index (χ2n) is 14.7. The molecule has 0 fully saturated rings. The summed E-state index contributed by atoms with van der Waals surface area (Å²) in [5.74, 6) is 0. The zero-order valence-electron chi connectivity index (χ0n) is 29.1. The first-order valence-corrected chi connectivity index (χ1v) is 18.7. The summed E-state index contributed by atoms with van der Waals surface area (Å²) in [4.78, 5) is 3.85. The summed E-state index contributed by atoms with van der Waals surface area (Å²) in [6, 6.07) is 58.9. The summed E-state index contributed by atoms with van der Waals surface area (Å²) in [5, 5.41) is 18.2. The molecule has 1 aliphatic rings. The first kappa shape index (κ1) is 28.9. The first-order valence-electron chi connectivity index (χ1n) is 18.7. The van der Waals surface area contributed by atoms with Crippen LogP contribution in [-0.4, -0.2) is 4.98 Å². The number of allylic oxidation sites excluding steroid dienone is 1. The molecule has 0 saturated heterocycles. The number of hydrogen-bond donors (Lipinski definition) is 1. The zero-order valence-corrected chi connectivity index (χ0v) is 29.1. The number of aromatic amines is 1. The molecule has 1 aliphatic carbocycles. The van der Waals surface area contributed by atoms with Gasteiger partial charge in [0.1, 0.15) is 0 Å². The lowest BCUT2D eigenvalue weighted by atomic mass is 9.78. The van der Waals surface area contributed by atoms with Crippen LogP contribution in [0.2, 0.25) is 0 Å². The molecule has 1 heterocycles. The van der Waals surface area contributed by atoms with E-state index in [1.807, 2.05) is 0 Å². The van der Waals surface area contributed by atoms with Gasteiger partial charge in [0, 0.05) is 21.7 Å². The van der Waals surface area contributed by atoms with Gasteiger partial charge in [-0.1, -0.05) is 158 Å². The topological polar surface area (TPSA) is 15.8 Å². The van der Waals surface area contributed by atoms with Crippen LogP contribution in [0.4, 0.5) is 0 Å². The molecule has 0 atom stereocenters. The van der Waals surface area contributed by atoms with Gasteiger partial charge in [0.15, 0.2) is 0 Å². The fourth-order valence-corrected chi connectivity index (χ4v) is 9.78. The maximum absolute atomic E-state index is 3.85. The van der Waals surface area contributed by atoms with Gasteiger partial charge in [0.2, 0.25) is 0 Å². The van der Waals surface area contributed by atoms with Crippen LogP contribution < -0.4 is 0 Å². The monoisotopic (exact) mass is 671 g/mol. The van der Waals surface area contributed by atoms with Crippen molar-refractivity contribution in [2.75, 3.05) is 0 Å². The van der Waals surface area contributed by atoms with Gasteiger partial charge in [0.25, 0.3) is 0 Å². The molecule has 10 aromatic carbocycles. The lowest BCUT2D eigenvalue weighted by molar-refractivity contribution is 0.991. The minimum absolute atomic E-state index is 1.01. The van der Waals surface area contributed by atoms with E-state index < -0.39 is 0 Å². The van der Waals surface area contributed by atoms with E-state index in [1.165, 1.54) is 120 Å². The highest BCUT2D eigenvalue weighted by atomic mass is 14.7. The second kappa shape index (κ2) is 10.9. The van der Waals surface area contributed by atoms with Crippen molar-refractivity contribution >= 4 is 92.5 Å². The van der Waals surface area contributed by atoms with E-state index in [0.717, 1.165) is 12.8 Å². The van der Waals surface area contributed by atoms with Gasteiger partial charge in [-0.15, -0.1) is 0 Å². The Bertz CT molecular complexity index is 3390. The minimum atomic E-state index is 1.01. The van der Waals surface area contributed by atoms with Crippen molar-refractivity contribution in [3.8, 4) is 22.3 Å². The Morgan fingerprint density at radius 2 is 1.00 bits per heavy atom. The quantitative estimate of drug-likeness (QED) is 0.176. The lowest BCUT2D eigenvalue weighted by Crippen LogP contribution is -2.03. The number of H-pyrrole nitrogens is 1. The second-order valence-corrected chi connectivity index (χ2v) is 14.7. The van der Waals surface area contributed by atoms with E-state index in [9.17, 15) is 0 Å². The molecule has 246 valence electrons. The Morgan fingerprint density at radius 1 is 0.415 bits per heavy atom. The molecule has 0 aliphatic heterocycles. The summed E-state index contributed by atoms with van der Waals surface area (Å²) in [6.07, 6.45) is 6.83. The molecule has 0 unspecified atom stereocenters. The van der Waals surface area contributed by atoms with Crippen LogP contribution in [0.1, 0.15) is 17.5 Å². The maximum Gasteiger partial charge on any atom is 0.0544 e. The summed E-state index contributed by atoms with van der Waals surface area (Å²) in [7, 11) is 0. The predicted octanol–water partition coefficient (Wildman–Crippen LogP) is 14.5. The molecule has 0 spiro atoms. The van der Waals surface area contributed by atoms with Crippen molar-refractivity contribution in [1.29, 1.82) is 0 Å². The zero-order chi connectivity index (χ0) is 34.6. The standard InChI is InChI=1S/C52H33N/c1-2-14-33-31(13-1)25-28-45-38-27-26-32(29-48(38)53-52(33)45)49-41-21-9-11-23-43(41)51(44-24-12-10-22-42(44)49)47-30-46-36-17-4-3-15-34(36)35-16-5-7-19-39(35)50(46)40-20-8-6-18-37(40)47/h1-9,11-21,23-30,53H,10,22H2. The Labute approximate surface area is 306 Å². The van der Waals surface area contributed by atoms with Gasteiger partial charge in [-0.25, -0.2) is 0 Å². The van der Waals surface area contributed by atoms with E-state index >= 15 is 0 Å². The summed E-state index contributed by atoms with van der Waals surface area (Å²) in [5.41, 5.74) is 10.4. The van der Waals surface area contributed by atoms with Crippen molar-refractivity contribution < 1.29 is 0 Å². The third-order valence-corrected chi connectivity index (χ3v) is 12.0. The molecule has 1 nitrogen and oxygen atoms in total. The molecule has 0 amide bonds. The SMILES string of the molecule is C1=Cc2c(c(-c3ccc4c(c3)[nH]c3c5ccccc5ccc43)c3ccccc3c2-c2cc3c4ccccc4c4ccccc4c3c3ccccc23)CC1. The average Bonchev–Trinajstić information content (AvgIpc) is 3.61. The molecule has 12 rings (SSSR count). The van der Waals surface area contributed by atoms with Crippen LogP contribution in [-0.2, 0) is 6.42 Å². The van der Waals surface area contributed by atoms with Gasteiger partial charge >= 0.3 is 0 Å². The van der Waals surface area contributed by atoms with Crippen molar-refractivity contribution in [2.45, 2.75) is 12.8 Å². The van der Waals surface area contributed by atoms with E-state index in [1.54, 1.807) is 0 Å². The van der Waals surface area contributed by atoms with Crippen LogP contribution in [0.25, 0.3) is 115 Å². The highest BCUT2D eigenvalue weighted by molar-refractivity contribution is 6.33. The molecule has 1 aromatic heterocycles. The van der Waals surface area contributed by atoms with E-state index in [2.05, 4.69) is 175 Å². The van der Waals surface area contributed by atoms with Gasteiger partial charge in [-0.05, 0) is 118 Å². The van der Waals surface area contributed by atoms with Crippen LogP contribution in [0.15, 0.2) is 164 Å². The summed E-state index contributed by atoms with van der Waals surface area (Å²) >= 11 is 0. The lowest BCUT2D eigenvalue weighted by Gasteiger charge is -2.25. The highest BCUT2D eigenvalue weighted by Gasteiger charge is 2.24. The molecule has 0 bridgehead atoms. The molecule has 1 heteroatoms. The van der Waals surface area contributed by atoms with Crippen molar-refractivity contribution in [2.24, 2.45) is 0 Å². The highest BCUT2D eigenvalue weighted by Crippen LogP contribution is 2.49. The predicted molar refractivity (Wildman–Crippen MR) is 229 cm³/mol. The number of benzene rings is 10. The molecule has 53 heavy (non-hydrogen) atoms. The first-order chi connectivity index (χ1) is 26.3. The Kier molecular flexibility index (Phi) is 5.95. The number of nitrogens with one attached hydrogen (secondary N) is 1. The smallest absolute Gasteiger partial charge is 0.0544 e. The van der Waals surface area contributed by atoms with E-state index in [-0.39, 0.29) is 0 Å². The number of rotatable bonds is 2. The van der Waals surface area contributed by atoms with Crippen LogP contribution in [0, 0.1) is 0 Å². The van der Waals surface area contributed by atoms with E-state index in [0.29, 0.717) is 0 Å². The summed E-state index contributed by atoms with van der Waals surface area (Å²) < 4.78 is 0. The molecule has 0 radical (unpaired) electrons. The van der Waals surface area contributed by atoms with Gasteiger partial charge in [-0.2, -0.15) is 0 Å². The fraction of sp³-hybridized carbons (Fsp3) is 0.0385. The number of aromatic nitrogens is 1. The Hall–Kier alpha value is -6.70. The van der Waals surface area contributed by atoms with Crippen LogP contribution >= 0.6 is 0 Å². The Morgan fingerprint density at radius 3 is 1.77 bits per heavy atom. The van der Waals surface area contributed by atoms with Crippen molar-refractivity contribution in [3.63, 3.8) is 0 Å². The largest absolute Gasteiger partial charge is 0.354 e. The van der Waals surface area contributed by atoms with E-state index in [4.69, 9.17) is 0 Å².